The minimum Gasteiger partial charge on any atom is -0.372 e. The smallest absolute Gasteiger partial charge is 0.162 e. The second-order valence-electron chi connectivity index (χ2n) is 8.81. The van der Waals surface area contributed by atoms with E-state index in [0.717, 1.165) is 42.1 Å². The van der Waals surface area contributed by atoms with Gasteiger partial charge in [0.1, 0.15) is 0 Å². The zero-order valence-corrected chi connectivity index (χ0v) is 19.8. The van der Waals surface area contributed by atoms with Crippen LogP contribution in [0.15, 0.2) is 85.5 Å². The largest absolute Gasteiger partial charge is 0.372 e. The number of aryl methyl sites for hydroxylation is 1. The molecule has 0 aliphatic carbocycles. The van der Waals surface area contributed by atoms with Gasteiger partial charge in [-0.05, 0) is 73.4 Å². The van der Waals surface area contributed by atoms with Crippen LogP contribution in [0, 0.1) is 6.92 Å². The molecule has 0 saturated carbocycles. The number of allylic oxidation sites excluding steroid dienone is 1. The van der Waals surface area contributed by atoms with E-state index >= 15 is 0 Å². The number of benzene rings is 3. The molecule has 0 N–H and O–H groups in total. The molecule has 0 aromatic heterocycles. The van der Waals surface area contributed by atoms with Crippen LogP contribution in [0.1, 0.15) is 55.2 Å². The normalized spacial score (nSPS) is 16.6. The molecule has 1 aliphatic rings. The van der Waals surface area contributed by atoms with Gasteiger partial charge in [0.25, 0.3) is 0 Å². The van der Waals surface area contributed by atoms with Crippen LogP contribution in [0.2, 0.25) is 0 Å². The van der Waals surface area contributed by atoms with E-state index in [-0.39, 0.29) is 11.7 Å². The molecule has 1 heterocycles. The first kappa shape index (κ1) is 23.0. The molecule has 3 aromatic carbocycles. The first-order valence-corrected chi connectivity index (χ1v) is 11.9. The second-order valence-corrected chi connectivity index (χ2v) is 8.81. The second kappa shape index (κ2) is 10.2. The fourth-order valence-corrected chi connectivity index (χ4v) is 4.61. The maximum absolute atomic E-state index is 12.3. The zero-order chi connectivity index (χ0) is 23.4. The van der Waals surface area contributed by atoms with Crippen molar-refractivity contribution < 1.29 is 9.53 Å². The van der Waals surface area contributed by atoms with Crippen molar-refractivity contribution in [1.29, 1.82) is 0 Å². The summed E-state index contributed by atoms with van der Waals surface area (Å²) in [4.78, 5) is 14.5. The van der Waals surface area contributed by atoms with Crippen LogP contribution < -0.4 is 4.90 Å². The summed E-state index contributed by atoms with van der Waals surface area (Å²) < 4.78 is 5.57. The van der Waals surface area contributed by atoms with E-state index in [0.29, 0.717) is 12.0 Å². The standard InChI is InChI=1S/C30H33NO2/c1-5-27(29(32)7-3)22-10-16-25(17-11-22)31(24-14-8-21(4)9-15-24)26-18-12-23(13-19-26)28(6-2)30-20-33-30/h7-19,27-28,30H,3,5-6,20H2,1-2,4H3. The number of epoxide rings is 1. The number of anilines is 3. The number of hydrogen-bond acceptors (Lipinski definition) is 3. The number of hydrogen-bond donors (Lipinski definition) is 0. The van der Waals surface area contributed by atoms with Crippen molar-refractivity contribution in [2.75, 3.05) is 11.5 Å². The van der Waals surface area contributed by atoms with Gasteiger partial charge in [-0.2, -0.15) is 0 Å². The van der Waals surface area contributed by atoms with Gasteiger partial charge in [0, 0.05) is 28.9 Å². The molecule has 33 heavy (non-hydrogen) atoms. The van der Waals surface area contributed by atoms with E-state index in [9.17, 15) is 4.79 Å². The molecule has 3 nitrogen and oxygen atoms in total. The van der Waals surface area contributed by atoms with E-state index in [1.807, 2.05) is 6.92 Å². The van der Waals surface area contributed by atoms with Gasteiger partial charge in [0.15, 0.2) is 5.78 Å². The third-order valence-corrected chi connectivity index (χ3v) is 6.63. The first-order chi connectivity index (χ1) is 16.0. The Kier molecular flexibility index (Phi) is 7.10. The Morgan fingerprint density at radius 3 is 1.82 bits per heavy atom. The molecular formula is C30H33NO2. The topological polar surface area (TPSA) is 32.8 Å². The maximum atomic E-state index is 12.3. The molecule has 0 amide bonds. The molecule has 3 atom stereocenters. The van der Waals surface area contributed by atoms with Gasteiger partial charge in [-0.1, -0.05) is 62.4 Å². The van der Waals surface area contributed by atoms with E-state index < -0.39 is 0 Å². The van der Waals surface area contributed by atoms with Crippen molar-refractivity contribution >= 4 is 22.8 Å². The van der Waals surface area contributed by atoms with Crippen LogP contribution in [0.5, 0.6) is 0 Å². The summed E-state index contributed by atoms with van der Waals surface area (Å²) in [7, 11) is 0. The Morgan fingerprint density at radius 2 is 1.39 bits per heavy atom. The molecular weight excluding hydrogens is 406 g/mol. The van der Waals surface area contributed by atoms with Crippen molar-refractivity contribution in [2.24, 2.45) is 0 Å². The highest BCUT2D eigenvalue weighted by Gasteiger charge is 2.32. The minimum atomic E-state index is -0.140. The quantitative estimate of drug-likeness (QED) is 0.241. The zero-order valence-electron chi connectivity index (χ0n) is 19.8. The number of carbonyl (C=O) groups is 1. The lowest BCUT2D eigenvalue weighted by Crippen LogP contribution is -2.12. The van der Waals surface area contributed by atoms with Crippen LogP contribution >= 0.6 is 0 Å². The van der Waals surface area contributed by atoms with E-state index in [4.69, 9.17) is 4.74 Å². The van der Waals surface area contributed by atoms with Crippen molar-refractivity contribution in [3.63, 3.8) is 0 Å². The third kappa shape index (κ3) is 5.09. The van der Waals surface area contributed by atoms with E-state index in [2.05, 4.69) is 98.1 Å². The molecule has 4 rings (SSSR count). The van der Waals surface area contributed by atoms with Crippen LogP contribution in [0.4, 0.5) is 17.1 Å². The molecule has 3 heteroatoms. The number of carbonyl (C=O) groups excluding carboxylic acids is 1. The first-order valence-electron chi connectivity index (χ1n) is 11.9. The highest BCUT2D eigenvalue weighted by atomic mass is 16.6. The minimum absolute atomic E-state index is 0.0707. The van der Waals surface area contributed by atoms with Crippen LogP contribution in [0.3, 0.4) is 0 Å². The summed E-state index contributed by atoms with van der Waals surface area (Å²) in [6.07, 6.45) is 3.64. The number of rotatable bonds is 10. The van der Waals surface area contributed by atoms with E-state index in [1.165, 1.54) is 17.2 Å². The molecule has 0 radical (unpaired) electrons. The monoisotopic (exact) mass is 439 g/mol. The fraction of sp³-hybridized carbons (Fsp3) is 0.300. The Balaban J connectivity index is 1.69. The summed E-state index contributed by atoms with van der Waals surface area (Å²) in [6.45, 7) is 10.9. The van der Waals surface area contributed by atoms with Gasteiger partial charge < -0.3 is 9.64 Å². The Morgan fingerprint density at radius 1 is 0.909 bits per heavy atom. The highest BCUT2D eigenvalue weighted by molar-refractivity contribution is 5.95. The third-order valence-electron chi connectivity index (χ3n) is 6.63. The Labute approximate surface area is 197 Å². The van der Waals surface area contributed by atoms with Crippen LogP contribution in [-0.4, -0.2) is 18.5 Å². The predicted octanol–water partition coefficient (Wildman–Crippen LogP) is 7.61. The van der Waals surface area contributed by atoms with Crippen LogP contribution in [0.25, 0.3) is 0 Å². The number of nitrogens with zero attached hydrogens (tertiary/aromatic N) is 1. The molecule has 1 aliphatic heterocycles. The van der Waals surface area contributed by atoms with Crippen molar-refractivity contribution in [3.05, 3.63) is 102 Å². The Hall–Kier alpha value is -3.17. The predicted molar refractivity (Wildman–Crippen MR) is 137 cm³/mol. The van der Waals surface area contributed by atoms with Gasteiger partial charge >= 0.3 is 0 Å². The van der Waals surface area contributed by atoms with E-state index in [1.54, 1.807) is 0 Å². The number of ether oxygens (including phenoxy) is 1. The molecule has 1 fully saturated rings. The average molecular weight is 440 g/mol. The summed E-state index contributed by atoms with van der Waals surface area (Å²) in [5.74, 6) is 0.389. The lowest BCUT2D eigenvalue weighted by Gasteiger charge is -2.27. The van der Waals surface area contributed by atoms with Crippen LogP contribution in [-0.2, 0) is 9.53 Å². The molecule has 1 saturated heterocycles. The summed E-state index contributed by atoms with van der Waals surface area (Å²) in [6, 6.07) is 25.8. The maximum Gasteiger partial charge on any atom is 0.162 e. The molecule has 3 aromatic rings. The lowest BCUT2D eigenvalue weighted by molar-refractivity contribution is -0.116. The summed E-state index contributed by atoms with van der Waals surface area (Å²) in [5.41, 5.74) is 6.86. The molecule has 0 spiro atoms. The lowest BCUT2D eigenvalue weighted by atomic mass is 9.92. The van der Waals surface area contributed by atoms with Gasteiger partial charge in [0.2, 0.25) is 0 Å². The summed E-state index contributed by atoms with van der Waals surface area (Å²) in [5, 5.41) is 0. The fourth-order valence-electron chi connectivity index (χ4n) is 4.61. The van der Waals surface area contributed by atoms with Gasteiger partial charge in [-0.25, -0.2) is 0 Å². The Bertz CT molecular complexity index is 1080. The van der Waals surface area contributed by atoms with Crippen molar-refractivity contribution in [1.82, 2.24) is 0 Å². The van der Waals surface area contributed by atoms with Crippen molar-refractivity contribution in [3.8, 4) is 0 Å². The highest BCUT2D eigenvalue weighted by Crippen LogP contribution is 2.38. The molecule has 3 unspecified atom stereocenters. The summed E-state index contributed by atoms with van der Waals surface area (Å²) >= 11 is 0. The SMILES string of the molecule is C=CC(=O)C(CC)c1ccc(N(c2ccc(C)cc2)c2ccc(C(CC)C3CO3)cc2)cc1. The van der Waals surface area contributed by atoms with Gasteiger partial charge in [-0.3, -0.25) is 4.79 Å². The average Bonchev–Trinajstić information content (AvgIpc) is 3.68. The van der Waals surface area contributed by atoms with Gasteiger partial charge in [-0.15, -0.1) is 0 Å². The van der Waals surface area contributed by atoms with Crippen molar-refractivity contribution in [2.45, 2.75) is 51.6 Å². The number of ketones is 1. The molecule has 170 valence electrons. The molecule has 0 bridgehead atoms. The van der Waals surface area contributed by atoms with Gasteiger partial charge in [0.05, 0.1) is 12.7 Å².